The molecule has 108 valence electrons. The van der Waals surface area contributed by atoms with Crippen LogP contribution >= 0.6 is 15.9 Å². The third-order valence-corrected chi connectivity index (χ3v) is 4.37. The fraction of sp³-hybridized carbons (Fsp3) is 0.688. The molecular weight excluding hydrogens is 300 g/mol. The highest BCUT2D eigenvalue weighted by molar-refractivity contribution is 9.10. The average Bonchev–Trinajstić information content (AvgIpc) is 2.44. The number of pyridine rings is 1. The highest BCUT2D eigenvalue weighted by atomic mass is 79.9. The van der Waals surface area contributed by atoms with Gasteiger partial charge in [-0.2, -0.15) is 0 Å². The number of aromatic nitrogens is 1. The SMILES string of the molecule is CCCCC(CC)(CNCC)Cc1ccc(Br)cn1. The van der Waals surface area contributed by atoms with Crippen LogP contribution in [0.25, 0.3) is 0 Å². The monoisotopic (exact) mass is 326 g/mol. The Morgan fingerprint density at radius 2 is 2.05 bits per heavy atom. The predicted octanol–water partition coefficient (Wildman–Crippen LogP) is 4.58. The molecule has 19 heavy (non-hydrogen) atoms. The minimum absolute atomic E-state index is 0.354. The van der Waals surface area contributed by atoms with Gasteiger partial charge in [-0.15, -0.1) is 0 Å². The van der Waals surface area contributed by atoms with E-state index >= 15 is 0 Å². The summed E-state index contributed by atoms with van der Waals surface area (Å²) in [5, 5.41) is 3.54. The van der Waals surface area contributed by atoms with E-state index in [9.17, 15) is 0 Å². The highest BCUT2D eigenvalue weighted by Gasteiger charge is 2.27. The smallest absolute Gasteiger partial charge is 0.0413 e. The summed E-state index contributed by atoms with van der Waals surface area (Å²) in [6.45, 7) is 8.90. The lowest BCUT2D eigenvalue weighted by Gasteiger charge is -2.33. The van der Waals surface area contributed by atoms with Crippen LogP contribution in [0.3, 0.4) is 0 Å². The van der Waals surface area contributed by atoms with Crippen molar-refractivity contribution >= 4 is 15.9 Å². The molecule has 0 amide bonds. The third kappa shape index (κ3) is 5.62. The molecular formula is C16H27BrN2. The van der Waals surface area contributed by atoms with E-state index in [2.05, 4.69) is 59.1 Å². The van der Waals surface area contributed by atoms with Gasteiger partial charge in [0.25, 0.3) is 0 Å². The van der Waals surface area contributed by atoms with Crippen molar-refractivity contribution in [1.82, 2.24) is 10.3 Å². The van der Waals surface area contributed by atoms with E-state index < -0.39 is 0 Å². The van der Waals surface area contributed by atoms with Crippen LogP contribution in [0, 0.1) is 5.41 Å². The van der Waals surface area contributed by atoms with E-state index in [1.807, 2.05) is 6.20 Å². The van der Waals surface area contributed by atoms with Crippen molar-refractivity contribution in [3.05, 3.63) is 28.5 Å². The average molecular weight is 327 g/mol. The number of nitrogens with zero attached hydrogens (tertiary/aromatic N) is 1. The molecule has 1 N–H and O–H groups in total. The molecule has 0 saturated heterocycles. The van der Waals surface area contributed by atoms with E-state index in [0.717, 1.165) is 24.0 Å². The maximum Gasteiger partial charge on any atom is 0.0413 e. The Morgan fingerprint density at radius 3 is 2.58 bits per heavy atom. The van der Waals surface area contributed by atoms with E-state index in [0.29, 0.717) is 5.41 Å². The zero-order valence-electron chi connectivity index (χ0n) is 12.5. The Hall–Kier alpha value is -0.410. The van der Waals surface area contributed by atoms with Gasteiger partial charge in [-0.25, -0.2) is 0 Å². The molecule has 1 aromatic rings. The predicted molar refractivity (Wildman–Crippen MR) is 86.4 cm³/mol. The van der Waals surface area contributed by atoms with E-state index in [4.69, 9.17) is 0 Å². The molecule has 0 aliphatic rings. The number of hydrogen-bond acceptors (Lipinski definition) is 2. The van der Waals surface area contributed by atoms with Gasteiger partial charge in [-0.1, -0.05) is 33.6 Å². The number of halogens is 1. The van der Waals surface area contributed by atoms with Gasteiger partial charge in [-0.05, 0) is 59.3 Å². The third-order valence-electron chi connectivity index (χ3n) is 3.91. The second kappa shape index (κ2) is 8.70. The molecule has 3 heteroatoms. The minimum atomic E-state index is 0.354. The summed E-state index contributed by atoms with van der Waals surface area (Å²) in [5.74, 6) is 0. The molecule has 1 atom stereocenters. The summed E-state index contributed by atoms with van der Waals surface area (Å²) in [6, 6.07) is 4.24. The molecule has 0 aliphatic heterocycles. The highest BCUT2D eigenvalue weighted by Crippen LogP contribution is 2.32. The van der Waals surface area contributed by atoms with Crippen LogP contribution in [0.5, 0.6) is 0 Å². The number of unbranched alkanes of at least 4 members (excludes halogenated alkanes) is 1. The summed E-state index contributed by atoms with van der Waals surface area (Å²) < 4.78 is 1.05. The largest absolute Gasteiger partial charge is 0.316 e. The molecule has 0 spiro atoms. The summed E-state index contributed by atoms with van der Waals surface area (Å²) in [5.41, 5.74) is 1.56. The molecule has 0 radical (unpaired) electrons. The van der Waals surface area contributed by atoms with Crippen molar-refractivity contribution in [3.63, 3.8) is 0 Å². The van der Waals surface area contributed by atoms with Gasteiger partial charge in [0, 0.05) is 22.9 Å². The Kier molecular flexibility index (Phi) is 7.62. The van der Waals surface area contributed by atoms with Crippen molar-refractivity contribution in [1.29, 1.82) is 0 Å². The quantitative estimate of drug-likeness (QED) is 0.718. The Bertz CT molecular complexity index is 340. The first-order valence-electron chi connectivity index (χ1n) is 7.47. The standard InChI is InChI=1S/C16H27BrN2/c1-4-7-10-16(5-2,13-18-6-3)11-15-9-8-14(17)12-19-15/h8-9,12,18H,4-7,10-11,13H2,1-3H3. The topological polar surface area (TPSA) is 24.9 Å². The number of rotatable bonds is 9. The summed E-state index contributed by atoms with van der Waals surface area (Å²) >= 11 is 3.45. The first-order chi connectivity index (χ1) is 9.15. The zero-order chi connectivity index (χ0) is 14.1. The van der Waals surface area contributed by atoms with E-state index in [-0.39, 0.29) is 0 Å². The van der Waals surface area contributed by atoms with Crippen molar-refractivity contribution in [2.75, 3.05) is 13.1 Å². The summed E-state index contributed by atoms with van der Waals surface area (Å²) in [4.78, 5) is 4.55. The maximum absolute atomic E-state index is 4.55. The van der Waals surface area contributed by atoms with Crippen LogP contribution in [0.1, 0.15) is 52.1 Å². The molecule has 1 rings (SSSR count). The fourth-order valence-corrected chi connectivity index (χ4v) is 2.74. The van der Waals surface area contributed by atoms with Gasteiger partial charge in [0.05, 0.1) is 0 Å². The van der Waals surface area contributed by atoms with Crippen LogP contribution in [0.15, 0.2) is 22.8 Å². The molecule has 0 bridgehead atoms. The van der Waals surface area contributed by atoms with Crippen LogP contribution in [-0.4, -0.2) is 18.1 Å². The number of hydrogen-bond donors (Lipinski definition) is 1. The van der Waals surface area contributed by atoms with Gasteiger partial charge in [-0.3, -0.25) is 4.98 Å². The molecule has 1 aromatic heterocycles. The van der Waals surface area contributed by atoms with Gasteiger partial charge in [0.2, 0.25) is 0 Å². The van der Waals surface area contributed by atoms with Crippen molar-refractivity contribution in [2.45, 2.75) is 52.9 Å². The Labute approximate surface area is 126 Å². The fourth-order valence-electron chi connectivity index (χ4n) is 2.50. The first kappa shape index (κ1) is 16.6. The van der Waals surface area contributed by atoms with Crippen LogP contribution in [-0.2, 0) is 6.42 Å². The molecule has 0 aromatic carbocycles. The maximum atomic E-state index is 4.55. The molecule has 0 aliphatic carbocycles. The minimum Gasteiger partial charge on any atom is -0.316 e. The summed E-state index contributed by atoms with van der Waals surface area (Å²) in [7, 11) is 0. The molecule has 1 heterocycles. The van der Waals surface area contributed by atoms with Crippen molar-refractivity contribution < 1.29 is 0 Å². The molecule has 0 fully saturated rings. The van der Waals surface area contributed by atoms with Crippen LogP contribution in [0.4, 0.5) is 0 Å². The van der Waals surface area contributed by atoms with Gasteiger partial charge < -0.3 is 5.32 Å². The van der Waals surface area contributed by atoms with Crippen LogP contribution in [0.2, 0.25) is 0 Å². The lowest BCUT2D eigenvalue weighted by Crippen LogP contribution is -2.36. The van der Waals surface area contributed by atoms with Crippen molar-refractivity contribution in [2.24, 2.45) is 5.41 Å². The lowest BCUT2D eigenvalue weighted by atomic mass is 9.76. The first-order valence-corrected chi connectivity index (χ1v) is 8.26. The van der Waals surface area contributed by atoms with Gasteiger partial charge in [0.1, 0.15) is 0 Å². The Morgan fingerprint density at radius 1 is 1.26 bits per heavy atom. The summed E-state index contributed by atoms with van der Waals surface area (Å²) in [6.07, 6.45) is 8.03. The lowest BCUT2D eigenvalue weighted by molar-refractivity contribution is 0.228. The van der Waals surface area contributed by atoms with E-state index in [1.165, 1.54) is 31.4 Å². The van der Waals surface area contributed by atoms with Crippen molar-refractivity contribution in [3.8, 4) is 0 Å². The normalized spacial score (nSPS) is 14.3. The Balaban J connectivity index is 2.78. The number of nitrogens with one attached hydrogen (secondary N) is 1. The van der Waals surface area contributed by atoms with E-state index in [1.54, 1.807) is 0 Å². The molecule has 1 unspecified atom stereocenters. The molecule has 2 nitrogen and oxygen atoms in total. The second-order valence-corrected chi connectivity index (χ2v) is 6.30. The molecule has 0 saturated carbocycles. The van der Waals surface area contributed by atoms with Gasteiger partial charge >= 0.3 is 0 Å². The van der Waals surface area contributed by atoms with Crippen LogP contribution < -0.4 is 5.32 Å². The zero-order valence-corrected chi connectivity index (χ0v) is 14.1. The second-order valence-electron chi connectivity index (χ2n) is 5.38. The van der Waals surface area contributed by atoms with Gasteiger partial charge in [0.15, 0.2) is 0 Å².